The van der Waals surface area contributed by atoms with Crippen molar-refractivity contribution in [2.75, 3.05) is 0 Å². The maximum atomic E-state index is 12.5. The summed E-state index contributed by atoms with van der Waals surface area (Å²) in [5, 5.41) is 12.4. The predicted molar refractivity (Wildman–Crippen MR) is 74.7 cm³/mol. The number of phenols is 1. The van der Waals surface area contributed by atoms with Gasteiger partial charge in [0, 0.05) is 17.1 Å². The molecule has 3 aromatic rings. The second kappa shape index (κ2) is 4.20. The van der Waals surface area contributed by atoms with Gasteiger partial charge in [-0.2, -0.15) is 0 Å². The first-order valence-corrected chi connectivity index (χ1v) is 6.63. The van der Waals surface area contributed by atoms with E-state index in [1.54, 1.807) is 13.0 Å². The number of hydrogen-bond acceptors (Lipinski definition) is 5. The van der Waals surface area contributed by atoms with Crippen molar-refractivity contribution in [1.29, 1.82) is 0 Å². The molecule has 1 aromatic carbocycles. The summed E-state index contributed by atoms with van der Waals surface area (Å²) in [5.41, 5.74) is 1.65. The molecule has 0 fully saturated rings. The SMILES string of the molecule is Cc1csc(-c2c(C)oc3cc(O)ccc3c2=O)n1. The van der Waals surface area contributed by atoms with Gasteiger partial charge in [0.05, 0.1) is 10.9 Å². The summed E-state index contributed by atoms with van der Waals surface area (Å²) in [6.45, 7) is 3.62. The molecule has 0 saturated carbocycles. The molecule has 0 aliphatic heterocycles. The number of fused-ring (bicyclic) bond motifs is 1. The number of aryl methyl sites for hydroxylation is 2. The van der Waals surface area contributed by atoms with E-state index in [1.165, 1.54) is 23.5 Å². The highest BCUT2D eigenvalue weighted by Gasteiger charge is 2.16. The van der Waals surface area contributed by atoms with Crippen molar-refractivity contribution < 1.29 is 9.52 Å². The molecule has 1 N–H and O–H groups in total. The van der Waals surface area contributed by atoms with Crippen LogP contribution in [0.25, 0.3) is 21.5 Å². The third-order valence-electron chi connectivity index (χ3n) is 2.88. The molecule has 3 rings (SSSR count). The van der Waals surface area contributed by atoms with E-state index in [0.29, 0.717) is 27.3 Å². The maximum absolute atomic E-state index is 12.5. The van der Waals surface area contributed by atoms with Gasteiger partial charge in [0.15, 0.2) is 0 Å². The summed E-state index contributed by atoms with van der Waals surface area (Å²) in [6.07, 6.45) is 0. The Bertz CT molecular complexity index is 832. The van der Waals surface area contributed by atoms with Gasteiger partial charge in [-0.15, -0.1) is 11.3 Å². The number of nitrogens with zero attached hydrogens (tertiary/aromatic N) is 1. The molecule has 2 heterocycles. The second-order valence-corrected chi connectivity index (χ2v) is 5.19. The summed E-state index contributed by atoms with van der Waals surface area (Å²) in [6, 6.07) is 4.49. The van der Waals surface area contributed by atoms with E-state index in [1.807, 2.05) is 12.3 Å². The molecular weight excluding hydrogens is 262 g/mol. The van der Waals surface area contributed by atoms with Crippen LogP contribution >= 0.6 is 11.3 Å². The van der Waals surface area contributed by atoms with Gasteiger partial charge in [-0.05, 0) is 26.0 Å². The van der Waals surface area contributed by atoms with Crippen molar-refractivity contribution in [1.82, 2.24) is 4.98 Å². The van der Waals surface area contributed by atoms with Gasteiger partial charge in [0.25, 0.3) is 0 Å². The zero-order valence-electron chi connectivity index (χ0n) is 10.4. The average molecular weight is 273 g/mol. The van der Waals surface area contributed by atoms with Crippen LogP contribution in [0, 0.1) is 13.8 Å². The number of rotatable bonds is 1. The van der Waals surface area contributed by atoms with E-state index < -0.39 is 0 Å². The number of aromatic hydroxyl groups is 1. The predicted octanol–water partition coefficient (Wildman–Crippen LogP) is 3.24. The van der Waals surface area contributed by atoms with Crippen molar-refractivity contribution in [2.45, 2.75) is 13.8 Å². The lowest BCUT2D eigenvalue weighted by molar-refractivity contribution is 0.473. The largest absolute Gasteiger partial charge is 0.508 e. The van der Waals surface area contributed by atoms with Crippen LogP contribution in [0.4, 0.5) is 0 Å². The Morgan fingerprint density at radius 1 is 1.32 bits per heavy atom. The van der Waals surface area contributed by atoms with Gasteiger partial charge in [-0.1, -0.05) is 0 Å². The van der Waals surface area contributed by atoms with Crippen molar-refractivity contribution in [3.05, 3.63) is 45.3 Å². The molecular formula is C14H11NO3S. The molecule has 5 heteroatoms. The molecule has 0 bridgehead atoms. The van der Waals surface area contributed by atoms with Crippen LogP contribution in [0.5, 0.6) is 5.75 Å². The average Bonchev–Trinajstić information content (AvgIpc) is 2.75. The zero-order valence-corrected chi connectivity index (χ0v) is 11.2. The lowest BCUT2D eigenvalue weighted by atomic mass is 10.1. The number of phenolic OH excluding ortho intramolecular Hbond substituents is 1. The summed E-state index contributed by atoms with van der Waals surface area (Å²) in [5.74, 6) is 0.588. The van der Waals surface area contributed by atoms with Crippen LogP contribution in [-0.4, -0.2) is 10.1 Å². The summed E-state index contributed by atoms with van der Waals surface area (Å²) in [7, 11) is 0. The number of hydrogen-bond donors (Lipinski definition) is 1. The van der Waals surface area contributed by atoms with E-state index in [2.05, 4.69) is 4.98 Å². The first-order valence-electron chi connectivity index (χ1n) is 5.75. The molecule has 0 radical (unpaired) electrons. The molecule has 0 amide bonds. The molecule has 0 atom stereocenters. The molecule has 0 saturated heterocycles. The fourth-order valence-corrected chi connectivity index (χ4v) is 2.90. The van der Waals surface area contributed by atoms with Crippen LogP contribution < -0.4 is 5.43 Å². The molecule has 19 heavy (non-hydrogen) atoms. The Hall–Kier alpha value is -2.14. The topological polar surface area (TPSA) is 63.3 Å². The molecule has 0 aliphatic rings. The maximum Gasteiger partial charge on any atom is 0.203 e. The minimum absolute atomic E-state index is 0.0768. The summed E-state index contributed by atoms with van der Waals surface area (Å²) in [4.78, 5) is 16.8. The Kier molecular flexibility index (Phi) is 2.64. The summed E-state index contributed by atoms with van der Waals surface area (Å²) < 4.78 is 5.62. The first kappa shape index (κ1) is 11.9. The lowest BCUT2D eigenvalue weighted by Crippen LogP contribution is -2.07. The fourth-order valence-electron chi connectivity index (χ4n) is 2.01. The van der Waals surface area contributed by atoms with Crippen LogP contribution in [0.2, 0.25) is 0 Å². The van der Waals surface area contributed by atoms with Crippen molar-refractivity contribution in [2.24, 2.45) is 0 Å². The van der Waals surface area contributed by atoms with E-state index >= 15 is 0 Å². The Morgan fingerprint density at radius 2 is 2.11 bits per heavy atom. The Morgan fingerprint density at radius 3 is 2.79 bits per heavy atom. The number of benzene rings is 1. The van der Waals surface area contributed by atoms with Crippen molar-refractivity contribution in [3.63, 3.8) is 0 Å². The fraction of sp³-hybridized carbons (Fsp3) is 0.143. The van der Waals surface area contributed by atoms with Gasteiger partial charge in [0.2, 0.25) is 5.43 Å². The highest BCUT2D eigenvalue weighted by atomic mass is 32.1. The monoisotopic (exact) mass is 273 g/mol. The minimum Gasteiger partial charge on any atom is -0.508 e. The highest BCUT2D eigenvalue weighted by molar-refractivity contribution is 7.13. The van der Waals surface area contributed by atoms with E-state index in [4.69, 9.17) is 4.42 Å². The second-order valence-electron chi connectivity index (χ2n) is 4.34. The third kappa shape index (κ3) is 1.92. The normalized spacial score (nSPS) is 11.1. The first-order chi connectivity index (χ1) is 9.06. The van der Waals surface area contributed by atoms with Crippen molar-refractivity contribution in [3.8, 4) is 16.3 Å². The Balaban J connectivity index is 2.38. The molecule has 96 valence electrons. The van der Waals surface area contributed by atoms with E-state index in [0.717, 1.165) is 5.69 Å². The quantitative estimate of drug-likeness (QED) is 0.739. The van der Waals surface area contributed by atoms with Crippen LogP contribution in [0.3, 0.4) is 0 Å². The third-order valence-corrected chi connectivity index (χ3v) is 3.86. The molecule has 0 spiro atoms. The molecule has 2 aromatic heterocycles. The standard InChI is InChI=1S/C14H11NO3S/c1-7-6-19-14(15-7)12-8(2)18-11-5-9(16)3-4-10(11)13(12)17/h3-6,16H,1-2H3. The van der Waals surface area contributed by atoms with Crippen LogP contribution in [-0.2, 0) is 0 Å². The zero-order chi connectivity index (χ0) is 13.6. The molecule has 0 aliphatic carbocycles. The highest BCUT2D eigenvalue weighted by Crippen LogP contribution is 2.27. The minimum atomic E-state index is -0.117. The van der Waals surface area contributed by atoms with Gasteiger partial charge >= 0.3 is 0 Å². The van der Waals surface area contributed by atoms with Gasteiger partial charge < -0.3 is 9.52 Å². The number of thiazole rings is 1. The van der Waals surface area contributed by atoms with E-state index in [-0.39, 0.29) is 11.2 Å². The summed E-state index contributed by atoms with van der Waals surface area (Å²) >= 11 is 1.42. The van der Waals surface area contributed by atoms with Gasteiger partial charge in [-0.3, -0.25) is 4.79 Å². The van der Waals surface area contributed by atoms with Crippen LogP contribution in [0.15, 0.2) is 32.8 Å². The van der Waals surface area contributed by atoms with E-state index in [9.17, 15) is 9.90 Å². The van der Waals surface area contributed by atoms with Gasteiger partial charge in [0.1, 0.15) is 22.1 Å². The van der Waals surface area contributed by atoms with Crippen molar-refractivity contribution >= 4 is 22.3 Å². The number of aromatic nitrogens is 1. The van der Waals surface area contributed by atoms with Crippen LogP contribution in [0.1, 0.15) is 11.5 Å². The van der Waals surface area contributed by atoms with Gasteiger partial charge in [-0.25, -0.2) is 4.98 Å². The molecule has 4 nitrogen and oxygen atoms in total. The smallest absolute Gasteiger partial charge is 0.203 e. The lowest BCUT2D eigenvalue weighted by Gasteiger charge is -2.04. The Labute approximate surface area is 113 Å². The molecule has 0 unspecified atom stereocenters.